The van der Waals surface area contributed by atoms with E-state index in [1.165, 1.54) is 5.56 Å². The summed E-state index contributed by atoms with van der Waals surface area (Å²) in [5, 5.41) is 0. The van der Waals surface area contributed by atoms with E-state index in [1.54, 1.807) is 0 Å². The highest BCUT2D eigenvalue weighted by atomic mass is 16.3. The number of benzene rings is 2. The van der Waals surface area contributed by atoms with Crippen LogP contribution in [0.2, 0.25) is 0 Å². The van der Waals surface area contributed by atoms with Crippen LogP contribution < -0.4 is 0 Å². The van der Waals surface area contributed by atoms with Gasteiger partial charge in [-0.25, -0.2) is 4.98 Å². The zero-order valence-corrected chi connectivity index (χ0v) is 9.68. The summed E-state index contributed by atoms with van der Waals surface area (Å²) < 4.78 is 5.79. The van der Waals surface area contributed by atoms with Gasteiger partial charge in [-0.1, -0.05) is 31.2 Å². The number of rotatable bonds is 2. The molecule has 0 saturated heterocycles. The first kappa shape index (κ1) is 10.1. The van der Waals surface area contributed by atoms with E-state index in [0.29, 0.717) is 5.89 Å². The number of nitrogens with zero attached hydrogens (tertiary/aromatic N) is 1. The van der Waals surface area contributed by atoms with E-state index in [1.807, 2.05) is 36.4 Å². The lowest BCUT2D eigenvalue weighted by molar-refractivity contribution is 0.619. The SMILES string of the molecule is CCc1ccc2nc(-c3ccccc3)oc2c1. The van der Waals surface area contributed by atoms with E-state index in [4.69, 9.17) is 4.42 Å². The van der Waals surface area contributed by atoms with Gasteiger partial charge in [0.25, 0.3) is 0 Å². The molecular formula is C15H13NO. The highest BCUT2D eigenvalue weighted by Crippen LogP contribution is 2.24. The van der Waals surface area contributed by atoms with Crippen LogP contribution in [0.4, 0.5) is 0 Å². The molecule has 2 nitrogen and oxygen atoms in total. The Bertz CT molecular complexity index is 640. The number of hydrogen-bond donors (Lipinski definition) is 0. The standard InChI is InChI=1S/C15H13NO/c1-2-11-8-9-13-14(10-11)17-15(16-13)12-6-4-3-5-7-12/h3-10H,2H2,1H3. The second-order valence-electron chi connectivity index (χ2n) is 4.04. The van der Waals surface area contributed by atoms with Gasteiger partial charge in [0.05, 0.1) is 0 Å². The molecule has 0 aliphatic carbocycles. The molecule has 1 heterocycles. The molecule has 0 amide bonds. The Morgan fingerprint density at radius 3 is 2.65 bits per heavy atom. The zero-order valence-electron chi connectivity index (χ0n) is 9.68. The van der Waals surface area contributed by atoms with Gasteiger partial charge in [-0.3, -0.25) is 0 Å². The predicted molar refractivity (Wildman–Crippen MR) is 68.8 cm³/mol. The van der Waals surface area contributed by atoms with E-state index in [2.05, 4.69) is 24.0 Å². The van der Waals surface area contributed by atoms with Crippen molar-refractivity contribution in [1.82, 2.24) is 4.98 Å². The second-order valence-corrected chi connectivity index (χ2v) is 4.04. The van der Waals surface area contributed by atoms with E-state index >= 15 is 0 Å². The molecule has 3 rings (SSSR count). The van der Waals surface area contributed by atoms with Crippen LogP contribution in [0.5, 0.6) is 0 Å². The maximum atomic E-state index is 5.79. The van der Waals surface area contributed by atoms with Gasteiger partial charge in [0, 0.05) is 5.56 Å². The van der Waals surface area contributed by atoms with Crippen molar-refractivity contribution in [2.24, 2.45) is 0 Å². The molecule has 0 aliphatic rings. The van der Waals surface area contributed by atoms with Crippen molar-refractivity contribution in [1.29, 1.82) is 0 Å². The summed E-state index contributed by atoms with van der Waals surface area (Å²) >= 11 is 0. The zero-order chi connectivity index (χ0) is 11.7. The van der Waals surface area contributed by atoms with Crippen molar-refractivity contribution in [3.63, 3.8) is 0 Å². The number of fused-ring (bicyclic) bond motifs is 1. The van der Waals surface area contributed by atoms with E-state index in [0.717, 1.165) is 23.1 Å². The van der Waals surface area contributed by atoms with E-state index in [9.17, 15) is 0 Å². The van der Waals surface area contributed by atoms with Crippen LogP contribution in [-0.2, 0) is 6.42 Å². The second kappa shape index (κ2) is 4.06. The predicted octanol–water partition coefficient (Wildman–Crippen LogP) is 4.06. The van der Waals surface area contributed by atoms with Crippen molar-refractivity contribution >= 4 is 11.1 Å². The van der Waals surface area contributed by atoms with Crippen LogP contribution in [0.3, 0.4) is 0 Å². The first-order valence-electron chi connectivity index (χ1n) is 5.81. The van der Waals surface area contributed by atoms with Crippen molar-refractivity contribution in [3.05, 3.63) is 54.1 Å². The van der Waals surface area contributed by atoms with Crippen LogP contribution >= 0.6 is 0 Å². The maximum Gasteiger partial charge on any atom is 0.227 e. The lowest BCUT2D eigenvalue weighted by Crippen LogP contribution is -1.77. The molecule has 17 heavy (non-hydrogen) atoms. The Hall–Kier alpha value is -2.09. The van der Waals surface area contributed by atoms with E-state index in [-0.39, 0.29) is 0 Å². The molecule has 0 saturated carbocycles. The summed E-state index contributed by atoms with van der Waals surface area (Å²) in [4.78, 5) is 4.49. The largest absolute Gasteiger partial charge is 0.436 e. The van der Waals surface area contributed by atoms with Gasteiger partial charge in [0.15, 0.2) is 5.58 Å². The first-order chi connectivity index (χ1) is 8.36. The third-order valence-corrected chi connectivity index (χ3v) is 2.88. The number of aryl methyl sites for hydroxylation is 1. The van der Waals surface area contributed by atoms with Gasteiger partial charge in [0.1, 0.15) is 5.52 Å². The first-order valence-corrected chi connectivity index (χ1v) is 5.81. The summed E-state index contributed by atoms with van der Waals surface area (Å²) in [6.45, 7) is 2.13. The minimum absolute atomic E-state index is 0.689. The Labute approximate surface area is 99.9 Å². The molecule has 1 aromatic heterocycles. The van der Waals surface area contributed by atoms with Gasteiger partial charge in [-0.05, 0) is 36.2 Å². The van der Waals surface area contributed by atoms with Gasteiger partial charge in [-0.15, -0.1) is 0 Å². The quantitative estimate of drug-likeness (QED) is 0.654. The maximum absolute atomic E-state index is 5.79. The molecule has 2 heteroatoms. The van der Waals surface area contributed by atoms with Crippen molar-refractivity contribution in [3.8, 4) is 11.5 Å². The fraction of sp³-hybridized carbons (Fsp3) is 0.133. The Morgan fingerprint density at radius 2 is 1.88 bits per heavy atom. The molecule has 0 radical (unpaired) electrons. The van der Waals surface area contributed by atoms with Gasteiger partial charge in [-0.2, -0.15) is 0 Å². The summed E-state index contributed by atoms with van der Waals surface area (Å²) in [7, 11) is 0. The number of hydrogen-bond acceptors (Lipinski definition) is 2. The molecular weight excluding hydrogens is 210 g/mol. The normalized spacial score (nSPS) is 10.9. The smallest absolute Gasteiger partial charge is 0.227 e. The number of oxazole rings is 1. The van der Waals surface area contributed by atoms with Crippen LogP contribution in [0.25, 0.3) is 22.6 Å². The molecule has 0 N–H and O–H groups in total. The van der Waals surface area contributed by atoms with Gasteiger partial charge >= 0.3 is 0 Å². The lowest BCUT2D eigenvalue weighted by atomic mass is 10.1. The fourth-order valence-electron chi connectivity index (χ4n) is 1.89. The summed E-state index contributed by atoms with van der Waals surface area (Å²) in [5.74, 6) is 0.689. The molecule has 0 aliphatic heterocycles. The van der Waals surface area contributed by atoms with Crippen LogP contribution in [0.15, 0.2) is 52.9 Å². The fourth-order valence-corrected chi connectivity index (χ4v) is 1.89. The third-order valence-electron chi connectivity index (χ3n) is 2.88. The van der Waals surface area contributed by atoms with Crippen molar-refractivity contribution in [2.75, 3.05) is 0 Å². The molecule has 0 spiro atoms. The lowest BCUT2D eigenvalue weighted by Gasteiger charge is -1.93. The Morgan fingerprint density at radius 1 is 1.06 bits per heavy atom. The summed E-state index contributed by atoms with van der Waals surface area (Å²) in [5.41, 5.74) is 4.07. The molecule has 84 valence electrons. The highest BCUT2D eigenvalue weighted by molar-refractivity contribution is 5.76. The van der Waals surface area contributed by atoms with Gasteiger partial charge in [0.2, 0.25) is 5.89 Å². The molecule has 0 unspecified atom stereocenters. The minimum atomic E-state index is 0.689. The van der Waals surface area contributed by atoms with Crippen LogP contribution in [-0.4, -0.2) is 4.98 Å². The Kier molecular flexibility index (Phi) is 2.41. The van der Waals surface area contributed by atoms with E-state index < -0.39 is 0 Å². The average Bonchev–Trinajstić information content (AvgIpc) is 2.82. The monoisotopic (exact) mass is 223 g/mol. The van der Waals surface area contributed by atoms with Gasteiger partial charge < -0.3 is 4.42 Å². The minimum Gasteiger partial charge on any atom is -0.436 e. The molecule has 0 fully saturated rings. The number of aromatic nitrogens is 1. The molecule has 3 aromatic rings. The van der Waals surface area contributed by atoms with Crippen molar-refractivity contribution < 1.29 is 4.42 Å². The van der Waals surface area contributed by atoms with Crippen molar-refractivity contribution in [2.45, 2.75) is 13.3 Å². The highest BCUT2D eigenvalue weighted by Gasteiger charge is 2.07. The third kappa shape index (κ3) is 1.82. The molecule has 0 bridgehead atoms. The van der Waals surface area contributed by atoms with Crippen LogP contribution in [0, 0.1) is 0 Å². The topological polar surface area (TPSA) is 26.0 Å². The average molecular weight is 223 g/mol. The Balaban J connectivity index is 2.14. The van der Waals surface area contributed by atoms with Crippen LogP contribution in [0.1, 0.15) is 12.5 Å². The molecule has 0 atom stereocenters. The summed E-state index contributed by atoms with van der Waals surface area (Å²) in [6.07, 6.45) is 1.01. The molecule has 2 aromatic carbocycles. The summed E-state index contributed by atoms with van der Waals surface area (Å²) in [6, 6.07) is 16.2.